The van der Waals surface area contributed by atoms with Crippen molar-refractivity contribution in [3.63, 3.8) is 0 Å². The lowest BCUT2D eigenvalue weighted by molar-refractivity contribution is -0.0981. The van der Waals surface area contributed by atoms with Gasteiger partial charge in [-0.1, -0.05) is 18.6 Å². The molecular formula is C17H25NO3. The van der Waals surface area contributed by atoms with Crippen LogP contribution in [0.5, 0.6) is 11.5 Å². The Kier molecular flexibility index (Phi) is 4.99. The Bertz CT molecular complexity index is 449. The van der Waals surface area contributed by atoms with Crippen molar-refractivity contribution >= 4 is 0 Å². The molecule has 0 N–H and O–H groups in total. The number of hydrogen-bond acceptors (Lipinski definition) is 4. The Morgan fingerprint density at radius 1 is 1.14 bits per heavy atom. The van der Waals surface area contributed by atoms with Crippen LogP contribution in [0, 0.1) is 0 Å². The van der Waals surface area contributed by atoms with Gasteiger partial charge in [0.15, 0.2) is 11.5 Å². The summed E-state index contributed by atoms with van der Waals surface area (Å²) in [4.78, 5) is 2.56. The molecule has 0 bridgehead atoms. The standard InChI is InChI=1S/C17H25NO3/c1-2-19-15-8-3-4-9-16(15)21-13-17-14-7-5-6-10-18(14)11-12-20-17/h3-4,8-9,14,17H,2,5-7,10-13H2,1H3. The second-order valence-electron chi connectivity index (χ2n) is 5.70. The average Bonchev–Trinajstić information content (AvgIpc) is 2.54. The van der Waals surface area contributed by atoms with Crippen LogP contribution in [0.2, 0.25) is 0 Å². The second-order valence-corrected chi connectivity index (χ2v) is 5.70. The molecule has 0 saturated carbocycles. The van der Waals surface area contributed by atoms with Crippen LogP contribution in [0.1, 0.15) is 26.2 Å². The van der Waals surface area contributed by atoms with E-state index in [0.717, 1.165) is 24.7 Å². The first-order chi connectivity index (χ1) is 10.4. The Morgan fingerprint density at radius 2 is 1.95 bits per heavy atom. The normalized spacial score (nSPS) is 26.1. The molecule has 2 fully saturated rings. The molecule has 4 nitrogen and oxygen atoms in total. The average molecular weight is 291 g/mol. The minimum absolute atomic E-state index is 0.175. The smallest absolute Gasteiger partial charge is 0.161 e. The van der Waals surface area contributed by atoms with Crippen LogP contribution >= 0.6 is 0 Å². The number of morpholine rings is 1. The number of piperidine rings is 1. The summed E-state index contributed by atoms with van der Waals surface area (Å²) in [6, 6.07) is 8.39. The zero-order valence-electron chi connectivity index (χ0n) is 12.8. The van der Waals surface area contributed by atoms with Crippen LogP contribution in [0.4, 0.5) is 0 Å². The molecule has 0 radical (unpaired) electrons. The quantitative estimate of drug-likeness (QED) is 0.834. The molecule has 2 unspecified atom stereocenters. The summed E-state index contributed by atoms with van der Waals surface area (Å²) < 4.78 is 17.6. The van der Waals surface area contributed by atoms with E-state index in [2.05, 4.69) is 4.90 Å². The first-order valence-electron chi connectivity index (χ1n) is 8.08. The topological polar surface area (TPSA) is 30.9 Å². The summed E-state index contributed by atoms with van der Waals surface area (Å²) in [5.41, 5.74) is 0. The summed E-state index contributed by atoms with van der Waals surface area (Å²) in [5, 5.41) is 0. The van der Waals surface area contributed by atoms with E-state index < -0.39 is 0 Å². The van der Waals surface area contributed by atoms with Crippen molar-refractivity contribution in [2.75, 3.05) is 32.9 Å². The van der Waals surface area contributed by atoms with E-state index in [4.69, 9.17) is 14.2 Å². The van der Waals surface area contributed by atoms with Crippen molar-refractivity contribution in [3.05, 3.63) is 24.3 Å². The molecule has 116 valence electrons. The molecule has 2 atom stereocenters. The van der Waals surface area contributed by atoms with Gasteiger partial charge < -0.3 is 14.2 Å². The van der Waals surface area contributed by atoms with Gasteiger partial charge in [-0.05, 0) is 38.4 Å². The van der Waals surface area contributed by atoms with Gasteiger partial charge >= 0.3 is 0 Å². The number of hydrogen-bond donors (Lipinski definition) is 0. The molecule has 0 amide bonds. The molecule has 0 aromatic heterocycles. The van der Waals surface area contributed by atoms with Gasteiger partial charge in [-0.15, -0.1) is 0 Å². The molecule has 0 spiro atoms. The highest BCUT2D eigenvalue weighted by Gasteiger charge is 2.34. The maximum Gasteiger partial charge on any atom is 0.161 e. The third kappa shape index (κ3) is 3.50. The number of nitrogens with zero attached hydrogens (tertiary/aromatic N) is 1. The Hall–Kier alpha value is -1.26. The summed E-state index contributed by atoms with van der Waals surface area (Å²) in [5.74, 6) is 1.63. The Morgan fingerprint density at radius 3 is 2.76 bits per heavy atom. The fourth-order valence-corrected chi connectivity index (χ4v) is 3.32. The highest BCUT2D eigenvalue weighted by molar-refractivity contribution is 5.39. The van der Waals surface area contributed by atoms with Gasteiger partial charge in [0, 0.05) is 12.6 Å². The van der Waals surface area contributed by atoms with Gasteiger partial charge in [0.25, 0.3) is 0 Å². The lowest BCUT2D eigenvalue weighted by Crippen LogP contribution is -2.55. The molecule has 2 heterocycles. The van der Waals surface area contributed by atoms with Gasteiger partial charge in [-0.2, -0.15) is 0 Å². The fourth-order valence-electron chi connectivity index (χ4n) is 3.32. The molecule has 21 heavy (non-hydrogen) atoms. The molecule has 1 aromatic carbocycles. The number of para-hydroxylation sites is 2. The Balaban J connectivity index is 1.61. The van der Waals surface area contributed by atoms with E-state index in [0.29, 0.717) is 19.3 Å². The van der Waals surface area contributed by atoms with Crippen molar-refractivity contribution < 1.29 is 14.2 Å². The zero-order valence-corrected chi connectivity index (χ0v) is 12.8. The van der Waals surface area contributed by atoms with E-state index in [1.807, 2.05) is 31.2 Å². The third-order valence-electron chi connectivity index (χ3n) is 4.36. The van der Waals surface area contributed by atoms with Crippen molar-refractivity contribution in [1.82, 2.24) is 4.90 Å². The molecule has 2 aliphatic heterocycles. The van der Waals surface area contributed by atoms with Gasteiger partial charge in [-0.25, -0.2) is 0 Å². The predicted octanol–water partition coefficient (Wildman–Crippen LogP) is 2.72. The van der Waals surface area contributed by atoms with Crippen molar-refractivity contribution in [2.24, 2.45) is 0 Å². The monoisotopic (exact) mass is 291 g/mol. The first-order valence-corrected chi connectivity index (χ1v) is 8.08. The predicted molar refractivity (Wildman–Crippen MR) is 82.1 cm³/mol. The molecular weight excluding hydrogens is 266 g/mol. The van der Waals surface area contributed by atoms with Crippen LogP contribution in [0.25, 0.3) is 0 Å². The van der Waals surface area contributed by atoms with Gasteiger partial charge in [-0.3, -0.25) is 4.90 Å². The summed E-state index contributed by atoms with van der Waals surface area (Å²) in [7, 11) is 0. The molecule has 3 rings (SSSR count). The molecule has 1 aromatic rings. The lowest BCUT2D eigenvalue weighted by atomic mass is 9.96. The number of ether oxygens (including phenoxy) is 3. The second kappa shape index (κ2) is 7.14. The van der Waals surface area contributed by atoms with Gasteiger partial charge in [0.1, 0.15) is 12.7 Å². The highest BCUT2D eigenvalue weighted by Crippen LogP contribution is 2.29. The van der Waals surface area contributed by atoms with Crippen LogP contribution in [-0.4, -0.2) is 50.0 Å². The lowest BCUT2D eigenvalue weighted by Gasteiger charge is -2.43. The number of benzene rings is 1. The SMILES string of the molecule is CCOc1ccccc1OCC1OCCN2CCCCC12. The van der Waals surface area contributed by atoms with E-state index in [-0.39, 0.29) is 6.10 Å². The maximum absolute atomic E-state index is 6.00. The first kappa shape index (κ1) is 14.7. The van der Waals surface area contributed by atoms with Crippen LogP contribution in [-0.2, 0) is 4.74 Å². The van der Waals surface area contributed by atoms with Crippen molar-refractivity contribution in [1.29, 1.82) is 0 Å². The molecule has 2 aliphatic rings. The number of rotatable bonds is 5. The molecule has 0 aliphatic carbocycles. The number of fused-ring (bicyclic) bond motifs is 1. The molecule has 4 heteroatoms. The van der Waals surface area contributed by atoms with Gasteiger partial charge in [0.05, 0.1) is 13.2 Å². The largest absolute Gasteiger partial charge is 0.490 e. The summed E-state index contributed by atoms with van der Waals surface area (Å²) >= 11 is 0. The molecule has 2 saturated heterocycles. The van der Waals surface area contributed by atoms with Crippen LogP contribution in [0.15, 0.2) is 24.3 Å². The highest BCUT2D eigenvalue weighted by atomic mass is 16.5. The van der Waals surface area contributed by atoms with Gasteiger partial charge in [0.2, 0.25) is 0 Å². The fraction of sp³-hybridized carbons (Fsp3) is 0.647. The van der Waals surface area contributed by atoms with Crippen LogP contribution in [0.3, 0.4) is 0 Å². The third-order valence-corrected chi connectivity index (χ3v) is 4.36. The van der Waals surface area contributed by atoms with Crippen LogP contribution < -0.4 is 9.47 Å². The van der Waals surface area contributed by atoms with E-state index in [9.17, 15) is 0 Å². The Labute approximate surface area is 127 Å². The summed E-state index contributed by atoms with van der Waals surface area (Å²) in [6.07, 6.45) is 4.02. The zero-order chi connectivity index (χ0) is 14.5. The minimum Gasteiger partial charge on any atom is -0.490 e. The van der Waals surface area contributed by atoms with Crippen molar-refractivity contribution in [3.8, 4) is 11.5 Å². The summed E-state index contributed by atoms with van der Waals surface area (Å²) in [6.45, 7) is 6.33. The van der Waals surface area contributed by atoms with E-state index in [1.54, 1.807) is 0 Å². The maximum atomic E-state index is 6.00. The van der Waals surface area contributed by atoms with E-state index in [1.165, 1.54) is 25.8 Å². The van der Waals surface area contributed by atoms with E-state index >= 15 is 0 Å². The minimum atomic E-state index is 0.175. The van der Waals surface area contributed by atoms with Crippen molar-refractivity contribution in [2.45, 2.75) is 38.3 Å².